The third-order valence-electron chi connectivity index (χ3n) is 4.01. The van der Waals surface area contributed by atoms with Crippen LogP contribution in [0.25, 0.3) is 11.4 Å². The van der Waals surface area contributed by atoms with Gasteiger partial charge in [-0.3, -0.25) is 4.79 Å². The molecule has 1 aromatic heterocycles. The zero-order valence-corrected chi connectivity index (χ0v) is 16.6. The topological polar surface area (TPSA) is 68.5 Å². The van der Waals surface area contributed by atoms with Crippen molar-refractivity contribution in [3.05, 3.63) is 72.6 Å². The number of methoxy groups -OCH3 is 1. The van der Waals surface area contributed by atoms with E-state index in [1.165, 1.54) is 0 Å². The summed E-state index contributed by atoms with van der Waals surface area (Å²) in [5.41, 5.74) is 1.46. The second-order valence-electron chi connectivity index (χ2n) is 6.00. The van der Waals surface area contributed by atoms with Crippen molar-refractivity contribution in [2.75, 3.05) is 19.9 Å². The maximum Gasteiger partial charge on any atom is 0.255 e. The number of nitrogens with zero attached hydrogens (tertiary/aromatic N) is 3. The maximum atomic E-state index is 12.9. The Hall–Kier alpha value is -3.06. The highest BCUT2D eigenvalue weighted by atomic mass is 32.2. The lowest BCUT2D eigenvalue weighted by Gasteiger charge is -2.16. The van der Waals surface area contributed by atoms with E-state index in [2.05, 4.69) is 16.7 Å². The molecule has 0 spiro atoms. The number of thioether (sulfide) groups is 1. The van der Waals surface area contributed by atoms with E-state index >= 15 is 0 Å². The van der Waals surface area contributed by atoms with Gasteiger partial charge in [0, 0.05) is 23.3 Å². The molecule has 0 aliphatic heterocycles. The van der Waals surface area contributed by atoms with Gasteiger partial charge in [0.2, 0.25) is 11.7 Å². The molecule has 0 aliphatic rings. The molecule has 3 aromatic rings. The normalized spacial score (nSPS) is 10.5. The average Bonchev–Trinajstić information content (AvgIpc) is 3.20. The predicted octanol–water partition coefficient (Wildman–Crippen LogP) is 4.30. The molecule has 144 valence electrons. The molecule has 0 saturated heterocycles. The first-order valence-corrected chi connectivity index (χ1v) is 9.66. The Morgan fingerprint density at radius 2 is 2.00 bits per heavy atom. The van der Waals surface area contributed by atoms with Crippen LogP contribution < -0.4 is 4.74 Å². The van der Waals surface area contributed by atoms with Gasteiger partial charge in [-0.1, -0.05) is 23.4 Å². The molecule has 6 nitrogen and oxygen atoms in total. The fourth-order valence-corrected chi connectivity index (χ4v) is 3.36. The lowest BCUT2D eigenvalue weighted by molar-refractivity contribution is 0.0766. The summed E-state index contributed by atoms with van der Waals surface area (Å²) in [6, 6.07) is 14.9. The average molecular weight is 395 g/mol. The van der Waals surface area contributed by atoms with Crippen molar-refractivity contribution in [2.24, 2.45) is 0 Å². The summed E-state index contributed by atoms with van der Waals surface area (Å²) in [6.07, 6.45) is 1.81. The second-order valence-corrected chi connectivity index (χ2v) is 7.06. The van der Waals surface area contributed by atoms with Crippen molar-refractivity contribution in [2.45, 2.75) is 11.4 Å². The number of amides is 1. The van der Waals surface area contributed by atoms with Crippen LogP contribution in [-0.4, -0.2) is 40.9 Å². The molecule has 0 radical (unpaired) electrons. The van der Waals surface area contributed by atoms with Gasteiger partial charge in [0.05, 0.1) is 19.2 Å². The summed E-state index contributed by atoms with van der Waals surface area (Å²) < 4.78 is 10.5. The molecule has 0 bridgehead atoms. The van der Waals surface area contributed by atoms with E-state index in [1.807, 2.05) is 54.6 Å². The third kappa shape index (κ3) is 4.61. The molecule has 1 heterocycles. The first kappa shape index (κ1) is 19.7. The fourth-order valence-electron chi connectivity index (χ4n) is 2.57. The predicted molar refractivity (Wildman–Crippen MR) is 109 cm³/mol. The van der Waals surface area contributed by atoms with Crippen LogP contribution in [0.4, 0.5) is 0 Å². The highest BCUT2D eigenvalue weighted by Gasteiger charge is 2.18. The fraction of sp³-hybridized carbons (Fsp3) is 0.190. The van der Waals surface area contributed by atoms with Gasteiger partial charge in [-0.2, -0.15) is 4.98 Å². The summed E-state index contributed by atoms with van der Waals surface area (Å²) in [4.78, 5) is 19.7. The van der Waals surface area contributed by atoms with Gasteiger partial charge in [-0.15, -0.1) is 18.3 Å². The molecule has 0 saturated carbocycles. The molecule has 3 rings (SSSR count). The molecule has 0 atom stereocenters. The van der Waals surface area contributed by atoms with Gasteiger partial charge < -0.3 is 14.2 Å². The number of carbonyl (C=O) groups excluding carboxylic acids is 1. The quantitative estimate of drug-likeness (QED) is 0.418. The first-order valence-electron chi connectivity index (χ1n) is 8.67. The van der Waals surface area contributed by atoms with Gasteiger partial charge in [-0.25, -0.2) is 0 Å². The Bertz CT molecular complexity index is 954. The molecule has 0 aliphatic carbocycles. The molecule has 0 N–H and O–H groups in total. The largest absolute Gasteiger partial charge is 0.497 e. The van der Waals surface area contributed by atoms with Gasteiger partial charge in [-0.05, 0) is 36.4 Å². The Labute approximate surface area is 168 Å². The molecule has 28 heavy (non-hydrogen) atoms. The molecular weight excluding hydrogens is 374 g/mol. The van der Waals surface area contributed by atoms with E-state index in [4.69, 9.17) is 9.26 Å². The van der Waals surface area contributed by atoms with Crippen molar-refractivity contribution in [1.29, 1.82) is 0 Å². The van der Waals surface area contributed by atoms with Crippen LogP contribution in [0, 0.1) is 0 Å². The van der Waals surface area contributed by atoms with Crippen molar-refractivity contribution in [3.8, 4) is 17.1 Å². The minimum atomic E-state index is -0.101. The monoisotopic (exact) mass is 395 g/mol. The number of carbonyl (C=O) groups is 1. The van der Waals surface area contributed by atoms with E-state index in [0.717, 1.165) is 22.0 Å². The number of aromatic nitrogens is 2. The number of hydrogen-bond acceptors (Lipinski definition) is 6. The van der Waals surface area contributed by atoms with Gasteiger partial charge in [0.15, 0.2) is 0 Å². The maximum absolute atomic E-state index is 12.9. The summed E-state index contributed by atoms with van der Waals surface area (Å²) >= 11 is 1.58. The standard InChI is InChI=1S/C21H21N3O3S/c1-4-13-28-18-8-6-5-7-17(18)21(25)24(2)14-19-22-20(23-27-19)15-9-11-16(26-3)12-10-15/h4-12H,1,13-14H2,2-3H3. The Morgan fingerprint density at radius 1 is 1.25 bits per heavy atom. The van der Waals surface area contributed by atoms with E-state index in [-0.39, 0.29) is 12.5 Å². The lowest BCUT2D eigenvalue weighted by Crippen LogP contribution is -2.26. The Balaban J connectivity index is 1.71. The number of rotatable bonds is 8. The zero-order valence-electron chi connectivity index (χ0n) is 15.8. The molecular formula is C21H21N3O3S. The van der Waals surface area contributed by atoms with Crippen LogP contribution in [0.15, 0.2) is 70.6 Å². The SMILES string of the molecule is C=CCSc1ccccc1C(=O)N(C)Cc1nc(-c2ccc(OC)cc2)no1. The molecule has 2 aromatic carbocycles. The molecule has 0 fully saturated rings. The second kappa shape index (κ2) is 9.23. The number of ether oxygens (including phenoxy) is 1. The van der Waals surface area contributed by atoms with Crippen LogP contribution in [0.2, 0.25) is 0 Å². The summed E-state index contributed by atoms with van der Waals surface area (Å²) in [6.45, 7) is 3.95. The molecule has 7 heteroatoms. The van der Waals surface area contributed by atoms with Crippen LogP contribution in [0.3, 0.4) is 0 Å². The van der Waals surface area contributed by atoms with Crippen LogP contribution >= 0.6 is 11.8 Å². The highest BCUT2D eigenvalue weighted by Crippen LogP contribution is 2.24. The smallest absolute Gasteiger partial charge is 0.255 e. The van der Waals surface area contributed by atoms with E-state index < -0.39 is 0 Å². The van der Waals surface area contributed by atoms with Crippen molar-refractivity contribution < 1.29 is 14.1 Å². The van der Waals surface area contributed by atoms with Crippen molar-refractivity contribution in [3.63, 3.8) is 0 Å². The first-order chi connectivity index (χ1) is 13.6. The third-order valence-corrected chi connectivity index (χ3v) is 5.08. The number of benzene rings is 2. The minimum absolute atomic E-state index is 0.101. The van der Waals surface area contributed by atoms with Gasteiger partial charge in [0.1, 0.15) is 5.75 Å². The zero-order chi connectivity index (χ0) is 19.9. The van der Waals surface area contributed by atoms with Crippen LogP contribution in [0.5, 0.6) is 5.75 Å². The summed E-state index contributed by atoms with van der Waals surface area (Å²) in [5.74, 6) is 2.24. The minimum Gasteiger partial charge on any atom is -0.497 e. The van der Waals surface area contributed by atoms with E-state index in [1.54, 1.807) is 30.8 Å². The van der Waals surface area contributed by atoms with E-state index in [0.29, 0.717) is 17.3 Å². The number of hydrogen-bond donors (Lipinski definition) is 0. The molecule has 1 amide bonds. The molecule has 0 unspecified atom stereocenters. The van der Waals surface area contributed by atoms with Crippen molar-refractivity contribution in [1.82, 2.24) is 15.0 Å². The summed E-state index contributed by atoms with van der Waals surface area (Å²) in [5, 5.41) is 4.01. The van der Waals surface area contributed by atoms with Crippen LogP contribution in [-0.2, 0) is 6.54 Å². The highest BCUT2D eigenvalue weighted by molar-refractivity contribution is 7.99. The van der Waals surface area contributed by atoms with Gasteiger partial charge in [0.25, 0.3) is 5.91 Å². The Morgan fingerprint density at radius 3 is 2.71 bits per heavy atom. The van der Waals surface area contributed by atoms with Crippen LogP contribution in [0.1, 0.15) is 16.2 Å². The van der Waals surface area contributed by atoms with Crippen molar-refractivity contribution >= 4 is 17.7 Å². The van der Waals surface area contributed by atoms with Gasteiger partial charge >= 0.3 is 0 Å². The van der Waals surface area contributed by atoms with E-state index in [9.17, 15) is 4.79 Å². The summed E-state index contributed by atoms with van der Waals surface area (Å²) in [7, 11) is 3.33. The Kier molecular flexibility index (Phi) is 6.49. The lowest BCUT2D eigenvalue weighted by atomic mass is 10.2.